The van der Waals surface area contributed by atoms with Crippen molar-refractivity contribution < 1.29 is 14.1 Å². The standard InChI is InChI=1S/C22H23N3O4/c26-21(13-10-15-6-2-1-3-7-15)23-18-9-5-4-8-17(18)22-24-19-12-11-16(25(27)28)14-20(19)29-22/h4-5,8-9,11-12,14-15H,1-3,6-7,10,13H2,(H,23,26). The molecule has 3 aromatic rings. The summed E-state index contributed by atoms with van der Waals surface area (Å²) in [5.74, 6) is 0.955. The van der Waals surface area contributed by atoms with Gasteiger partial charge >= 0.3 is 0 Å². The molecular weight excluding hydrogens is 370 g/mol. The van der Waals surface area contributed by atoms with Gasteiger partial charge in [-0.05, 0) is 30.5 Å². The molecule has 1 aromatic heterocycles. The molecule has 1 aliphatic rings. The van der Waals surface area contributed by atoms with E-state index in [1.54, 1.807) is 6.07 Å². The Bertz CT molecular complexity index is 1040. The van der Waals surface area contributed by atoms with Gasteiger partial charge in [0, 0.05) is 12.5 Å². The maximum absolute atomic E-state index is 12.5. The SMILES string of the molecule is O=C(CCC1CCCCC1)Nc1ccccc1-c1nc2ccc([N+](=O)[O-])cc2o1. The summed E-state index contributed by atoms with van der Waals surface area (Å²) in [6.45, 7) is 0. The van der Waals surface area contributed by atoms with Gasteiger partial charge in [-0.25, -0.2) is 4.98 Å². The largest absolute Gasteiger partial charge is 0.436 e. The zero-order valence-electron chi connectivity index (χ0n) is 16.1. The number of amides is 1. The van der Waals surface area contributed by atoms with Gasteiger partial charge in [-0.1, -0.05) is 44.2 Å². The number of carbonyl (C=O) groups is 1. The minimum atomic E-state index is -0.470. The van der Waals surface area contributed by atoms with E-state index >= 15 is 0 Å². The fourth-order valence-corrected chi connectivity index (χ4v) is 3.94. The van der Waals surface area contributed by atoms with Gasteiger partial charge in [0.25, 0.3) is 5.69 Å². The maximum Gasteiger partial charge on any atom is 0.273 e. The lowest BCUT2D eigenvalue weighted by Gasteiger charge is -2.21. The minimum absolute atomic E-state index is 0.0187. The highest BCUT2D eigenvalue weighted by atomic mass is 16.6. The van der Waals surface area contributed by atoms with Crippen molar-refractivity contribution in [1.29, 1.82) is 0 Å². The third-order valence-corrected chi connectivity index (χ3v) is 5.52. The number of nitro benzene ring substituents is 1. The molecule has 0 unspecified atom stereocenters. The Hall–Kier alpha value is -3.22. The molecule has 0 bridgehead atoms. The molecule has 1 N–H and O–H groups in total. The highest BCUT2D eigenvalue weighted by Crippen LogP contribution is 2.32. The number of non-ortho nitro benzene ring substituents is 1. The topological polar surface area (TPSA) is 98.3 Å². The van der Waals surface area contributed by atoms with Crippen molar-refractivity contribution in [3.63, 3.8) is 0 Å². The molecule has 7 nitrogen and oxygen atoms in total. The van der Waals surface area contributed by atoms with Gasteiger partial charge < -0.3 is 9.73 Å². The molecule has 4 rings (SSSR count). The third kappa shape index (κ3) is 4.45. The smallest absolute Gasteiger partial charge is 0.273 e. The van der Waals surface area contributed by atoms with Crippen LogP contribution in [0.15, 0.2) is 46.9 Å². The number of para-hydroxylation sites is 1. The average molecular weight is 393 g/mol. The Morgan fingerprint density at radius 2 is 1.97 bits per heavy atom. The first kappa shape index (κ1) is 19.1. The number of nitrogens with zero attached hydrogens (tertiary/aromatic N) is 2. The molecule has 29 heavy (non-hydrogen) atoms. The monoisotopic (exact) mass is 393 g/mol. The minimum Gasteiger partial charge on any atom is -0.436 e. The molecule has 7 heteroatoms. The number of nitrogens with one attached hydrogen (secondary N) is 1. The predicted molar refractivity (Wildman–Crippen MR) is 111 cm³/mol. The van der Waals surface area contributed by atoms with Crippen molar-refractivity contribution in [2.75, 3.05) is 5.32 Å². The van der Waals surface area contributed by atoms with Crippen LogP contribution in [0, 0.1) is 16.0 Å². The first-order valence-corrected chi connectivity index (χ1v) is 10.0. The molecule has 1 saturated carbocycles. The number of hydrogen-bond acceptors (Lipinski definition) is 5. The first-order chi connectivity index (χ1) is 14.1. The van der Waals surface area contributed by atoms with Crippen molar-refractivity contribution in [3.05, 3.63) is 52.6 Å². The molecule has 0 saturated heterocycles. The van der Waals surface area contributed by atoms with Crippen LogP contribution in [0.3, 0.4) is 0 Å². The van der Waals surface area contributed by atoms with Crippen LogP contribution >= 0.6 is 0 Å². The normalized spacial score (nSPS) is 14.8. The fraction of sp³-hybridized carbons (Fsp3) is 0.364. The van der Waals surface area contributed by atoms with E-state index in [9.17, 15) is 14.9 Å². The van der Waals surface area contributed by atoms with Gasteiger partial charge in [-0.15, -0.1) is 0 Å². The van der Waals surface area contributed by atoms with E-state index in [0.717, 1.165) is 6.42 Å². The second-order valence-corrected chi connectivity index (χ2v) is 7.56. The lowest BCUT2D eigenvalue weighted by molar-refractivity contribution is -0.384. The number of anilines is 1. The molecule has 1 aliphatic carbocycles. The number of fused-ring (bicyclic) bond motifs is 1. The zero-order chi connectivity index (χ0) is 20.2. The first-order valence-electron chi connectivity index (χ1n) is 10.0. The summed E-state index contributed by atoms with van der Waals surface area (Å²) in [5.41, 5.74) is 2.10. The highest BCUT2D eigenvalue weighted by Gasteiger charge is 2.18. The molecule has 0 spiro atoms. The number of carbonyl (C=O) groups excluding carboxylic acids is 1. The molecule has 0 radical (unpaired) electrons. The van der Waals surface area contributed by atoms with Gasteiger partial charge in [0.2, 0.25) is 11.8 Å². The van der Waals surface area contributed by atoms with E-state index in [1.807, 2.05) is 24.3 Å². The summed E-state index contributed by atoms with van der Waals surface area (Å²) in [5, 5.41) is 13.9. The fourth-order valence-electron chi connectivity index (χ4n) is 3.94. The highest BCUT2D eigenvalue weighted by molar-refractivity contribution is 5.95. The average Bonchev–Trinajstić information content (AvgIpc) is 3.16. The summed E-state index contributed by atoms with van der Waals surface area (Å²) in [6, 6.07) is 11.6. The third-order valence-electron chi connectivity index (χ3n) is 5.52. The van der Waals surface area contributed by atoms with Crippen molar-refractivity contribution in [2.45, 2.75) is 44.9 Å². The van der Waals surface area contributed by atoms with E-state index in [0.29, 0.717) is 40.6 Å². The maximum atomic E-state index is 12.5. The molecular formula is C22H23N3O4. The van der Waals surface area contributed by atoms with Crippen LogP contribution in [0.2, 0.25) is 0 Å². The van der Waals surface area contributed by atoms with Crippen LogP contribution in [0.1, 0.15) is 44.9 Å². The Balaban J connectivity index is 1.51. The van der Waals surface area contributed by atoms with Gasteiger partial charge in [0.05, 0.1) is 22.2 Å². The van der Waals surface area contributed by atoms with Gasteiger partial charge in [-0.2, -0.15) is 0 Å². The molecule has 1 amide bonds. The zero-order valence-corrected chi connectivity index (χ0v) is 16.1. The molecule has 1 heterocycles. The summed E-state index contributed by atoms with van der Waals surface area (Å²) in [4.78, 5) is 27.4. The molecule has 0 atom stereocenters. The number of rotatable bonds is 6. The molecule has 1 fully saturated rings. The van der Waals surface area contributed by atoms with E-state index < -0.39 is 4.92 Å². The Morgan fingerprint density at radius 3 is 2.76 bits per heavy atom. The van der Waals surface area contributed by atoms with E-state index in [-0.39, 0.29) is 11.6 Å². The lowest BCUT2D eigenvalue weighted by Crippen LogP contribution is -2.15. The van der Waals surface area contributed by atoms with Gasteiger partial charge in [0.1, 0.15) is 5.52 Å². The number of aromatic nitrogens is 1. The van der Waals surface area contributed by atoms with Crippen LogP contribution in [0.25, 0.3) is 22.6 Å². The molecule has 2 aromatic carbocycles. The number of nitro groups is 1. The van der Waals surface area contributed by atoms with Gasteiger partial charge in [-0.3, -0.25) is 14.9 Å². The quantitative estimate of drug-likeness (QED) is 0.428. The van der Waals surface area contributed by atoms with E-state index in [1.165, 1.54) is 44.2 Å². The number of hydrogen-bond donors (Lipinski definition) is 1. The van der Waals surface area contributed by atoms with Crippen LogP contribution in [0.5, 0.6) is 0 Å². The Labute approximate surface area is 168 Å². The number of oxazole rings is 1. The number of benzene rings is 2. The predicted octanol–water partition coefficient (Wildman–Crippen LogP) is 5.70. The van der Waals surface area contributed by atoms with Crippen molar-refractivity contribution in [3.8, 4) is 11.5 Å². The summed E-state index contributed by atoms with van der Waals surface area (Å²) < 4.78 is 5.76. The lowest BCUT2D eigenvalue weighted by atomic mass is 9.86. The van der Waals surface area contributed by atoms with E-state index in [4.69, 9.17) is 4.42 Å². The van der Waals surface area contributed by atoms with Crippen molar-refractivity contribution >= 4 is 28.4 Å². The van der Waals surface area contributed by atoms with Crippen molar-refractivity contribution in [1.82, 2.24) is 4.98 Å². The summed E-state index contributed by atoms with van der Waals surface area (Å²) in [7, 11) is 0. The summed E-state index contributed by atoms with van der Waals surface area (Å²) >= 11 is 0. The van der Waals surface area contributed by atoms with Crippen LogP contribution in [0.4, 0.5) is 11.4 Å². The van der Waals surface area contributed by atoms with Crippen molar-refractivity contribution in [2.24, 2.45) is 5.92 Å². The summed E-state index contributed by atoms with van der Waals surface area (Å²) in [6.07, 6.45) is 7.71. The van der Waals surface area contributed by atoms with Gasteiger partial charge in [0.15, 0.2) is 5.58 Å². The van der Waals surface area contributed by atoms with Crippen LogP contribution in [-0.2, 0) is 4.79 Å². The Kier molecular flexibility index (Phi) is 5.55. The van der Waals surface area contributed by atoms with Crippen LogP contribution in [-0.4, -0.2) is 15.8 Å². The van der Waals surface area contributed by atoms with E-state index in [2.05, 4.69) is 10.3 Å². The molecule has 150 valence electrons. The second-order valence-electron chi connectivity index (χ2n) is 7.56. The van der Waals surface area contributed by atoms with Crippen LogP contribution < -0.4 is 5.32 Å². The molecule has 0 aliphatic heterocycles. The second kappa shape index (κ2) is 8.43. The Morgan fingerprint density at radius 1 is 1.17 bits per heavy atom.